The van der Waals surface area contributed by atoms with Crippen LogP contribution in [0.5, 0.6) is 11.5 Å². The van der Waals surface area contributed by atoms with Crippen LogP contribution in [0.2, 0.25) is 0 Å². The van der Waals surface area contributed by atoms with Crippen LogP contribution in [0.1, 0.15) is 18.1 Å². The van der Waals surface area contributed by atoms with Crippen molar-refractivity contribution in [1.82, 2.24) is 4.72 Å². The van der Waals surface area contributed by atoms with Crippen molar-refractivity contribution in [2.75, 3.05) is 10.1 Å². The van der Waals surface area contributed by atoms with Gasteiger partial charge < -0.3 is 14.4 Å². The van der Waals surface area contributed by atoms with Gasteiger partial charge in [0.1, 0.15) is 17.2 Å². The lowest BCUT2D eigenvalue weighted by molar-refractivity contribution is 0.392. The molecule has 2 aromatic rings. The van der Waals surface area contributed by atoms with Crippen molar-refractivity contribution in [2.45, 2.75) is 13.3 Å². The van der Waals surface area contributed by atoms with Gasteiger partial charge in [0.2, 0.25) is 5.88 Å². The largest absolute Gasteiger partial charge is 0.506 e. The fraction of sp³-hybridized carbons (Fsp3) is 0.176. The standard InChI is InChI=1S/C17H18N2O7S2/c1-2-27(22,23)26-16-6-4-3-5-13(16)9-12-7-8-14(15(20)10-12)19-11-17(21)18-28(19,24)25/h3-8,10-11,18,20-21H,2,9H2,1H3. The summed E-state index contributed by atoms with van der Waals surface area (Å²) in [6.07, 6.45) is 1.18. The van der Waals surface area contributed by atoms with Crippen LogP contribution >= 0.6 is 0 Å². The maximum Gasteiger partial charge on any atom is 0.330 e. The van der Waals surface area contributed by atoms with Gasteiger partial charge in [-0.05, 0) is 30.7 Å². The van der Waals surface area contributed by atoms with Crippen molar-refractivity contribution >= 4 is 26.0 Å². The molecule has 0 amide bonds. The molecule has 0 aliphatic carbocycles. The monoisotopic (exact) mass is 426 g/mol. The average molecular weight is 426 g/mol. The van der Waals surface area contributed by atoms with Crippen molar-refractivity contribution in [1.29, 1.82) is 0 Å². The molecule has 0 aromatic heterocycles. The number of para-hydroxylation sites is 1. The van der Waals surface area contributed by atoms with Crippen LogP contribution in [0.25, 0.3) is 0 Å². The maximum absolute atomic E-state index is 11.9. The third-order valence-corrected chi connectivity index (χ3v) is 6.37. The van der Waals surface area contributed by atoms with Gasteiger partial charge in [0.05, 0.1) is 12.0 Å². The predicted molar refractivity (Wildman–Crippen MR) is 103 cm³/mol. The zero-order valence-electron chi connectivity index (χ0n) is 14.7. The summed E-state index contributed by atoms with van der Waals surface area (Å²) in [7, 11) is -7.71. The molecule has 0 fully saturated rings. The normalized spacial score (nSPS) is 15.8. The van der Waals surface area contributed by atoms with E-state index in [1.54, 1.807) is 24.3 Å². The molecular formula is C17H18N2O7S2. The highest BCUT2D eigenvalue weighted by atomic mass is 32.2. The van der Waals surface area contributed by atoms with Crippen molar-refractivity contribution in [3.63, 3.8) is 0 Å². The minimum Gasteiger partial charge on any atom is -0.506 e. The zero-order valence-corrected chi connectivity index (χ0v) is 16.4. The molecule has 0 unspecified atom stereocenters. The first-order valence-corrected chi connectivity index (χ1v) is 11.2. The number of aromatic hydroxyl groups is 1. The van der Waals surface area contributed by atoms with Crippen LogP contribution in [-0.2, 0) is 26.7 Å². The van der Waals surface area contributed by atoms with Gasteiger partial charge in [-0.1, -0.05) is 24.3 Å². The number of nitrogens with zero attached hydrogens (tertiary/aromatic N) is 1. The second-order valence-corrected chi connectivity index (χ2v) is 9.36. The Bertz CT molecular complexity index is 1140. The molecule has 2 aromatic carbocycles. The Morgan fingerprint density at radius 3 is 2.46 bits per heavy atom. The Hall–Kier alpha value is -2.92. The molecule has 28 heavy (non-hydrogen) atoms. The summed E-state index contributed by atoms with van der Waals surface area (Å²) in [6, 6.07) is 10.9. The van der Waals surface area contributed by atoms with E-state index in [4.69, 9.17) is 4.18 Å². The molecule has 1 heterocycles. The van der Waals surface area contributed by atoms with Gasteiger partial charge in [0.25, 0.3) is 0 Å². The Labute approximate surface area is 162 Å². The molecule has 11 heteroatoms. The van der Waals surface area contributed by atoms with Crippen LogP contribution in [0.15, 0.2) is 54.5 Å². The number of rotatable bonds is 6. The molecule has 0 bridgehead atoms. The maximum atomic E-state index is 11.9. The number of phenols is 1. The summed E-state index contributed by atoms with van der Waals surface area (Å²) in [5, 5.41) is 19.6. The van der Waals surface area contributed by atoms with Gasteiger partial charge in [-0.15, -0.1) is 0 Å². The molecule has 1 aliphatic rings. The smallest absolute Gasteiger partial charge is 0.330 e. The molecule has 1 aliphatic heterocycles. The van der Waals surface area contributed by atoms with E-state index in [9.17, 15) is 27.0 Å². The van der Waals surface area contributed by atoms with Crippen molar-refractivity contribution in [2.24, 2.45) is 0 Å². The van der Waals surface area contributed by atoms with Gasteiger partial charge in [0, 0.05) is 12.0 Å². The Balaban J connectivity index is 1.89. The van der Waals surface area contributed by atoms with E-state index in [0.717, 1.165) is 6.20 Å². The minimum absolute atomic E-state index is 0.0432. The quantitative estimate of drug-likeness (QED) is 0.599. The molecule has 0 spiro atoms. The molecule has 9 nitrogen and oxygen atoms in total. The first-order chi connectivity index (χ1) is 13.1. The Kier molecular flexibility index (Phi) is 5.13. The van der Waals surface area contributed by atoms with E-state index < -0.39 is 26.2 Å². The van der Waals surface area contributed by atoms with Crippen LogP contribution in [0.3, 0.4) is 0 Å². The van der Waals surface area contributed by atoms with E-state index in [1.165, 1.54) is 25.1 Å². The van der Waals surface area contributed by atoms with Crippen molar-refractivity contribution in [3.05, 3.63) is 65.7 Å². The zero-order chi connectivity index (χ0) is 20.5. The summed E-state index contributed by atoms with van der Waals surface area (Å²) in [4.78, 5) is 0. The van der Waals surface area contributed by atoms with Gasteiger partial charge in [-0.3, -0.25) is 0 Å². The minimum atomic E-state index is -4.02. The predicted octanol–water partition coefficient (Wildman–Crippen LogP) is 1.72. The van der Waals surface area contributed by atoms with E-state index in [1.807, 2.05) is 4.72 Å². The lowest BCUT2D eigenvalue weighted by Gasteiger charge is -2.16. The SMILES string of the molecule is CCS(=O)(=O)Oc1ccccc1Cc1ccc(N2C=C(O)NS2(=O)=O)c(O)c1. The van der Waals surface area contributed by atoms with E-state index in [2.05, 4.69) is 0 Å². The van der Waals surface area contributed by atoms with Crippen LogP contribution in [-0.4, -0.2) is 32.8 Å². The van der Waals surface area contributed by atoms with Gasteiger partial charge in [-0.25, -0.2) is 9.03 Å². The molecule has 0 radical (unpaired) electrons. The highest BCUT2D eigenvalue weighted by Gasteiger charge is 2.30. The summed E-state index contributed by atoms with van der Waals surface area (Å²) >= 11 is 0. The van der Waals surface area contributed by atoms with E-state index in [0.29, 0.717) is 15.4 Å². The number of phenolic OH excluding ortho intramolecular Hbond substituents is 1. The van der Waals surface area contributed by atoms with Crippen LogP contribution in [0.4, 0.5) is 5.69 Å². The molecule has 3 N–H and O–H groups in total. The number of nitrogens with one attached hydrogen (secondary N) is 1. The molecule has 3 rings (SSSR count). The Morgan fingerprint density at radius 1 is 1.14 bits per heavy atom. The number of benzene rings is 2. The van der Waals surface area contributed by atoms with Crippen molar-refractivity contribution < 1.29 is 31.2 Å². The summed E-state index contributed by atoms with van der Waals surface area (Å²) in [5.41, 5.74) is 1.14. The Morgan fingerprint density at radius 2 is 1.86 bits per heavy atom. The number of aliphatic hydroxyl groups is 1. The fourth-order valence-corrected chi connectivity index (χ4v) is 4.22. The van der Waals surface area contributed by atoms with Crippen molar-refractivity contribution in [3.8, 4) is 11.5 Å². The summed E-state index contributed by atoms with van der Waals surface area (Å²) in [6.45, 7) is 1.47. The first-order valence-electron chi connectivity index (χ1n) is 8.16. The highest BCUT2D eigenvalue weighted by Crippen LogP contribution is 2.33. The summed E-state index contributed by atoms with van der Waals surface area (Å²) in [5.74, 6) is -0.873. The molecule has 0 atom stereocenters. The van der Waals surface area contributed by atoms with Crippen LogP contribution < -0.4 is 13.2 Å². The topological polar surface area (TPSA) is 133 Å². The molecule has 0 saturated carbocycles. The highest BCUT2D eigenvalue weighted by molar-refractivity contribution is 7.91. The number of anilines is 1. The van der Waals surface area contributed by atoms with Gasteiger partial charge in [0.15, 0.2) is 0 Å². The fourth-order valence-electron chi connectivity index (χ4n) is 2.60. The molecule has 0 saturated heterocycles. The van der Waals surface area contributed by atoms with Gasteiger partial charge >= 0.3 is 20.3 Å². The van der Waals surface area contributed by atoms with Gasteiger partial charge in [-0.2, -0.15) is 16.8 Å². The van der Waals surface area contributed by atoms with E-state index in [-0.39, 0.29) is 29.4 Å². The number of hydrogen-bond donors (Lipinski definition) is 3. The lowest BCUT2D eigenvalue weighted by atomic mass is 10.0. The second-order valence-electron chi connectivity index (χ2n) is 5.95. The van der Waals surface area contributed by atoms with Crippen LogP contribution in [0, 0.1) is 0 Å². The second kappa shape index (κ2) is 7.24. The van der Waals surface area contributed by atoms with E-state index >= 15 is 0 Å². The third kappa shape index (κ3) is 4.15. The lowest BCUT2D eigenvalue weighted by Crippen LogP contribution is -2.29. The number of hydrogen-bond acceptors (Lipinski definition) is 7. The average Bonchev–Trinajstić information content (AvgIpc) is 2.89. The molecular weight excluding hydrogens is 408 g/mol. The third-order valence-electron chi connectivity index (χ3n) is 3.95. The first kappa shape index (κ1) is 19.8. The summed E-state index contributed by atoms with van der Waals surface area (Å²) < 4.78 is 55.1. The molecule has 150 valence electrons. The number of aliphatic hydroxyl groups excluding tert-OH is 1.